The molecule has 1 unspecified atom stereocenters. The third kappa shape index (κ3) is 2.93. The first kappa shape index (κ1) is 14.8. The molecule has 116 valence electrons. The molecule has 0 aromatic heterocycles. The van der Waals surface area contributed by atoms with Crippen molar-refractivity contribution in [2.45, 2.75) is 37.8 Å². The number of fused-ring (bicyclic) bond motifs is 1. The van der Waals surface area contributed by atoms with Gasteiger partial charge in [0.15, 0.2) is 0 Å². The lowest BCUT2D eigenvalue weighted by Crippen LogP contribution is -2.52. The van der Waals surface area contributed by atoms with Crippen LogP contribution in [0.25, 0.3) is 0 Å². The molecular formula is C17H25NO3. The summed E-state index contributed by atoms with van der Waals surface area (Å²) < 4.78 is 11.3. The minimum Gasteiger partial charge on any atom is -0.493 e. The normalized spacial score (nSPS) is 31.1. The van der Waals surface area contributed by atoms with Crippen molar-refractivity contribution >= 4 is 0 Å². The summed E-state index contributed by atoms with van der Waals surface area (Å²) in [7, 11) is 0. The summed E-state index contributed by atoms with van der Waals surface area (Å²) in [5, 5.41) is 13.6. The average molecular weight is 291 g/mol. The standard InChI is InChI=1S/C17H25NO3/c1-2-20-14-9-13(10-14)11-18-17(12-19)7-8-21-16-6-4-3-5-15(16)17/h3-6,13-14,18-19H,2,7-12H2,1H3. The van der Waals surface area contributed by atoms with Crippen molar-refractivity contribution in [1.29, 1.82) is 0 Å². The van der Waals surface area contributed by atoms with Gasteiger partial charge in [0.05, 0.1) is 24.9 Å². The molecule has 1 aromatic rings. The molecule has 2 aliphatic rings. The van der Waals surface area contributed by atoms with Crippen LogP contribution in [0.15, 0.2) is 24.3 Å². The zero-order valence-corrected chi connectivity index (χ0v) is 12.7. The Morgan fingerprint density at radius 3 is 2.95 bits per heavy atom. The smallest absolute Gasteiger partial charge is 0.124 e. The molecule has 1 aromatic carbocycles. The van der Waals surface area contributed by atoms with Crippen LogP contribution < -0.4 is 10.1 Å². The van der Waals surface area contributed by atoms with Gasteiger partial charge in [-0.1, -0.05) is 18.2 Å². The number of hydrogen-bond acceptors (Lipinski definition) is 4. The van der Waals surface area contributed by atoms with Gasteiger partial charge in [0.25, 0.3) is 0 Å². The second-order valence-electron chi connectivity index (χ2n) is 6.13. The molecule has 1 aliphatic heterocycles. The largest absolute Gasteiger partial charge is 0.493 e. The second kappa shape index (κ2) is 6.34. The molecule has 0 amide bonds. The number of ether oxygens (including phenoxy) is 2. The molecule has 3 rings (SSSR count). The van der Waals surface area contributed by atoms with Gasteiger partial charge in [-0.05, 0) is 38.3 Å². The Labute approximate surface area is 126 Å². The maximum Gasteiger partial charge on any atom is 0.124 e. The van der Waals surface area contributed by atoms with Gasteiger partial charge in [-0.2, -0.15) is 0 Å². The maximum atomic E-state index is 9.99. The van der Waals surface area contributed by atoms with Gasteiger partial charge in [0, 0.05) is 18.6 Å². The Balaban J connectivity index is 1.63. The first-order valence-electron chi connectivity index (χ1n) is 7.97. The van der Waals surface area contributed by atoms with E-state index in [2.05, 4.69) is 11.4 Å². The summed E-state index contributed by atoms with van der Waals surface area (Å²) in [4.78, 5) is 0. The van der Waals surface area contributed by atoms with Crippen LogP contribution in [0.2, 0.25) is 0 Å². The second-order valence-corrected chi connectivity index (χ2v) is 6.13. The van der Waals surface area contributed by atoms with Crippen molar-refractivity contribution in [3.05, 3.63) is 29.8 Å². The third-order valence-electron chi connectivity index (χ3n) is 4.78. The van der Waals surface area contributed by atoms with E-state index in [1.807, 2.05) is 25.1 Å². The number of aliphatic hydroxyl groups is 1. The van der Waals surface area contributed by atoms with Gasteiger partial charge in [0.2, 0.25) is 0 Å². The highest BCUT2D eigenvalue weighted by molar-refractivity contribution is 5.41. The number of para-hydroxylation sites is 1. The highest BCUT2D eigenvalue weighted by atomic mass is 16.5. The van der Waals surface area contributed by atoms with Crippen molar-refractivity contribution in [2.24, 2.45) is 5.92 Å². The first-order chi connectivity index (χ1) is 10.3. The SMILES string of the molecule is CCOC1CC(CNC2(CO)CCOc3ccccc32)C1. The molecule has 0 bridgehead atoms. The summed E-state index contributed by atoms with van der Waals surface area (Å²) in [5.74, 6) is 1.55. The van der Waals surface area contributed by atoms with Crippen molar-refractivity contribution in [2.75, 3.05) is 26.4 Å². The van der Waals surface area contributed by atoms with E-state index in [4.69, 9.17) is 9.47 Å². The molecule has 1 heterocycles. The fraction of sp³-hybridized carbons (Fsp3) is 0.647. The van der Waals surface area contributed by atoms with Gasteiger partial charge in [-0.3, -0.25) is 0 Å². The van der Waals surface area contributed by atoms with Gasteiger partial charge < -0.3 is 19.9 Å². The van der Waals surface area contributed by atoms with E-state index in [1.165, 1.54) is 0 Å². The van der Waals surface area contributed by atoms with Crippen molar-refractivity contribution < 1.29 is 14.6 Å². The topological polar surface area (TPSA) is 50.7 Å². The van der Waals surface area contributed by atoms with E-state index in [0.29, 0.717) is 18.6 Å². The number of hydrogen-bond donors (Lipinski definition) is 2. The van der Waals surface area contributed by atoms with Crippen molar-refractivity contribution in [1.82, 2.24) is 5.32 Å². The van der Waals surface area contributed by atoms with E-state index in [9.17, 15) is 5.11 Å². The molecule has 0 saturated heterocycles. The molecule has 2 N–H and O–H groups in total. The van der Waals surface area contributed by atoms with Crippen LogP contribution in [0.4, 0.5) is 0 Å². The van der Waals surface area contributed by atoms with Gasteiger partial charge in [-0.25, -0.2) is 0 Å². The monoisotopic (exact) mass is 291 g/mol. The first-order valence-corrected chi connectivity index (χ1v) is 7.97. The minimum atomic E-state index is -0.356. The molecular weight excluding hydrogens is 266 g/mol. The van der Waals surface area contributed by atoms with E-state index in [0.717, 1.165) is 43.7 Å². The predicted molar refractivity (Wildman–Crippen MR) is 81.5 cm³/mol. The van der Waals surface area contributed by atoms with E-state index < -0.39 is 0 Å². The highest BCUT2D eigenvalue weighted by Gasteiger charge is 2.38. The number of rotatable bonds is 6. The Morgan fingerprint density at radius 2 is 2.19 bits per heavy atom. The van der Waals surface area contributed by atoms with E-state index in [1.54, 1.807) is 0 Å². The van der Waals surface area contributed by atoms with Crippen LogP contribution >= 0.6 is 0 Å². The molecule has 4 heteroatoms. The molecule has 1 saturated carbocycles. The number of nitrogens with one attached hydrogen (secondary N) is 1. The zero-order chi connectivity index (χ0) is 14.7. The Bertz CT molecular complexity index is 473. The number of aliphatic hydroxyl groups excluding tert-OH is 1. The summed E-state index contributed by atoms with van der Waals surface area (Å²) >= 11 is 0. The van der Waals surface area contributed by atoms with Crippen molar-refractivity contribution in [3.63, 3.8) is 0 Å². The predicted octanol–water partition coefficient (Wildman–Crippen LogP) is 2.06. The molecule has 1 fully saturated rings. The summed E-state index contributed by atoms with van der Waals surface area (Å²) in [6.45, 7) is 4.53. The van der Waals surface area contributed by atoms with E-state index in [-0.39, 0.29) is 12.1 Å². The molecule has 4 nitrogen and oxygen atoms in total. The van der Waals surface area contributed by atoms with Crippen LogP contribution in [0.1, 0.15) is 31.7 Å². The summed E-state index contributed by atoms with van der Waals surface area (Å²) in [6, 6.07) is 8.02. The molecule has 0 radical (unpaired) electrons. The van der Waals surface area contributed by atoms with Gasteiger partial charge in [0.1, 0.15) is 5.75 Å². The lowest BCUT2D eigenvalue weighted by Gasteiger charge is -2.42. The Morgan fingerprint density at radius 1 is 1.38 bits per heavy atom. The lowest BCUT2D eigenvalue weighted by molar-refractivity contribution is -0.0279. The van der Waals surface area contributed by atoms with Crippen molar-refractivity contribution in [3.8, 4) is 5.75 Å². The molecule has 1 atom stereocenters. The van der Waals surface area contributed by atoms with Crippen LogP contribution in [0, 0.1) is 5.92 Å². The Kier molecular flexibility index (Phi) is 4.48. The summed E-state index contributed by atoms with van der Waals surface area (Å²) in [6.07, 6.45) is 3.50. The van der Waals surface area contributed by atoms with E-state index >= 15 is 0 Å². The Hall–Kier alpha value is -1.10. The molecule has 1 aliphatic carbocycles. The van der Waals surface area contributed by atoms with Gasteiger partial charge in [-0.15, -0.1) is 0 Å². The van der Waals surface area contributed by atoms with Crippen LogP contribution in [0.5, 0.6) is 5.75 Å². The average Bonchev–Trinajstić information content (AvgIpc) is 2.49. The fourth-order valence-corrected chi connectivity index (χ4v) is 3.41. The van der Waals surface area contributed by atoms with Crippen LogP contribution in [-0.4, -0.2) is 37.6 Å². The maximum absolute atomic E-state index is 9.99. The minimum absolute atomic E-state index is 0.106. The highest BCUT2D eigenvalue weighted by Crippen LogP contribution is 2.37. The van der Waals surface area contributed by atoms with Crippen LogP contribution in [-0.2, 0) is 10.3 Å². The summed E-state index contributed by atoms with van der Waals surface area (Å²) in [5.41, 5.74) is 0.727. The quantitative estimate of drug-likeness (QED) is 0.842. The number of benzene rings is 1. The lowest BCUT2D eigenvalue weighted by atomic mass is 9.80. The zero-order valence-electron chi connectivity index (χ0n) is 12.7. The molecule has 21 heavy (non-hydrogen) atoms. The fourth-order valence-electron chi connectivity index (χ4n) is 3.41. The molecule has 0 spiro atoms. The van der Waals surface area contributed by atoms with Crippen LogP contribution in [0.3, 0.4) is 0 Å². The third-order valence-corrected chi connectivity index (χ3v) is 4.78. The van der Waals surface area contributed by atoms with Gasteiger partial charge >= 0.3 is 0 Å².